The molecule has 0 saturated carbocycles. The zero-order valence-electron chi connectivity index (χ0n) is 12.3. The molecule has 7 heteroatoms. The van der Waals surface area contributed by atoms with Crippen LogP contribution in [0.5, 0.6) is 0 Å². The standard InChI is InChI=1S/C14H20BrN3O3/c1-3-17-9-11(15)8-12(17)14(20)18-6-4-16(5-7-18)10-13(19)21-2/h8-9H,3-7,10H2,1-2H3. The van der Waals surface area contributed by atoms with Gasteiger partial charge in [-0.2, -0.15) is 0 Å². The topological polar surface area (TPSA) is 54.8 Å². The first-order valence-electron chi connectivity index (χ1n) is 6.99. The molecule has 0 atom stereocenters. The summed E-state index contributed by atoms with van der Waals surface area (Å²) < 4.78 is 7.51. The second-order valence-electron chi connectivity index (χ2n) is 4.97. The van der Waals surface area contributed by atoms with Crippen LogP contribution in [-0.4, -0.2) is 66.1 Å². The number of rotatable bonds is 4. The van der Waals surface area contributed by atoms with Crippen LogP contribution in [0.15, 0.2) is 16.7 Å². The summed E-state index contributed by atoms with van der Waals surface area (Å²) >= 11 is 3.41. The number of aryl methyl sites for hydroxylation is 1. The molecule has 2 heterocycles. The highest BCUT2D eigenvalue weighted by molar-refractivity contribution is 9.10. The summed E-state index contributed by atoms with van der Waals surface area (Å²) in [7, 11) is 1.39. The fourth-order valence-electron chi connectivity index (χ4n) is 2.43. The molecule has 0 aromatic carbocycles. The number of carbonyl (C=O) groups excluding carboxylic acids is 2. The molecule has 1 aliphatic rings. The molecule has 1 aromatic rings. The number of piperazine rings is 1. The van der Waals surface area contributed by atoms with Gasteiger partial charge in [-0.25, -0.2) is 0 Å². The van der Waals surface area contributed by atoms with E-state index in [1.54, 1.807) is 0 Å². The zero-order valence-corrected chi connectivity index (χ0v) is 13.9. The number of ether oxygens (including phenoxy) is 1. The third kappa shape index (κ3) is 3.85. The van der Waals surface area contributed by atoms with Crippen molar-refractivity contribution in [1.82, 2.24) is 14.4 Å². The third-order valence-corrected chi connectivity index (χ3v) is 4.10. The van der Waals surface area contributed by atoms with Gasteiger partial charge in [0.25, 0.3) is 5.91 Å². The van der Waals surface area contributed by atoms with Crippen molar-refractivity contribution in [2.75, 3.05) is 39.8 Å². The van der Waals surface area contributed by atoms with E-state index in [1.165, 1.54) is 7.11 Å². The lowest BCUT2D eigenvalue weighted by Gasteiger charge is -2.34. The molecule has 21 heavy (non-hydrogen) atoms. The van der Waals surface area contributed by atoms with Crippen molar-refractivity contribution in [3.8, 4) is 0 Å². The number of methoxy groups -OCH3 is 1. The van der Waals surface area contributed by atoms with E-state index < -0.39 is 0 Å². The van der Waals surface area contributed by atoms with Crippen LogP contribution in [0.1, 0.15) is 17.4 Å². The van der Waals surface area contributed by atoms with E-state index in [2.05, 4.69) is 20.7 Å². The van der Waals surface area contributed by atoms with Gasteiger partial charge in [0.1, 0.15) is 5.69 Å². The lowest BCUT2D eigenvalue weighted by Crippen LogP contribution is -2.50. The smallest absolute Gasteiger partial charge is 0.319 e. The van der Waals surface area contributed by atoms with Crippen LogP contribution in [0.2, 0.25) is 0 Å². The number of hydrogen-bond donors (Lipinski definition) is 0. The number of aromatic nitrogens is 1. The predicted molar refractivity (Wildman–Crippen MR) is 82.2 cm³/mol. The van der Waals surface area contributed by atoms with Gasteiger partial charge in [0.2, 0.25) is 0 Å². The maximum Gasteiger partial charge on any atom is 0.319 e. The summed E-state index contributed by atoms with van der Waals surface area (Å²) in [5.41, 5.74) is 0.700. The summed E-state index contributed by atoms with van der Waals surface area (Å²) in [6, 6.07) is 1.85. The fraction of sp³-hybridized carbons (Fsp3) is 0.571. The maximum atomic E-state index is 12.6. The Balaban J connectivity index is 1.95. The zero-order chi connectivity index (χ0) is 15.4. The lowest BCUT2D eigenvalue weighted by atomic mass is 10.2. The van der Waals surface area contributed by atoms with E-state index in [-0.39, 0.29) is 18.4 Å². The molecule has 1 saturated heterocycles. The first-order chi connectivity index (χ1) is 10.0. The van der Waals surface area contributed by atoms with Crippen molar-refractivity contribution < 1.29 is 14.3 Å². The third-order valence-electron chi connectivity index (χ3n) is 3.66. The number of nitrogens with zero attached hydrogens (tertiary/aromatic N) is 3. The van der Waals surface area contributed by atoms with Crippen molar-refractivity contribution in [2.45, 2.75) is 13.5 Å². The Labute approximate surface area is 132 Å². The molecule has 0 bridgehead atoms. The number of carbonyl (C=O) groups is 2. The van der Waals surface area contributed by atoms with Gasteiger partial charge in [0, 0.05) is 43.4 Å². The van der Waals surface area contributed by atoms with Gasteiger partial charge in [0.05, 0.1) is 13.7 Å². The lowest BCUT2D eigenvalue weighted by molar-refractivity contribution is -0.142. The Kier molecular flexibility index (Phi) is 5.41. The van der Waals surface area contributed by atoms with Gasteiger partial charge in [0.15, 0.2) is 0 Å². The second kappa shape index (κ2) is 7.09. The molecule has 0 radical (unpaired) electrons. The van der Waals surface area contributed by atoms with Crippen molar-refractivity contribution in [2.24, 2.45) is 0 Å². The molecule has 2 rings (SSSR count). The number of amides is 1. The van der Waals surface area contributed by atoms with Crippen LogP contribution >= 0.6 is 15.9 Å². The van der Waals surface area contributed by atoms with Crippen LogP contribution < -0.4 is 0 Å². The quantitative estimate of drug-likeness (QED) is 0.759. The number of halogens is 1. The Hall–Kier alpha value is -1.34. The molecule has 1 aromatic heterocycles. The second-order valence-corrected chi connectivity index (χ2v) is 5.89. The normalized spacial score (nSPS) is 16.0. The van der Waals surface area contributed by atoms with E-state index in [1.807, 2.05) is 33.6 Å². The number of esters is 1. The van der Waals surface area contributed by atoms with Crippen molar-refractivity contribution in [3.63, 3.8) is 0 Å². The van der Waals surface area contributed by atoms with E-state index in [0.29, 0.717) is 31.9 Å². The highest BCUT2D eigenvalue weighted by Crippen LogP contribution is 2.17. The van der Waals surface area contributed by atoms with Crippen molar-refractivity contribution in [1.29, 1.82) is 0 Å². The van der Waals surface area contributed by atoms with Gasteiger partial charge >= 0.3 is 5.97 Å². The van der Waals surface area contributed by atoms with Crippen LogP contribution in [0.4, 0.5) is 0 Å². The Morgan fingerprint density at radius 3 is 2.52 bits per heavy atom. The van der Waals surface area contributed by atoms with Crippen molar-refractivity contribution >= 4 is 27.8 Å². The Morgan fingerprint density at radius 1 is 1.29 bits per heavy atom. The fourth-order valence-corrected chi connectivity index (χ4v) is 2.90. The largest absolute Gasteiger partial charge is 0.468 e. The monoisotopic (exact) mass is 357 g/mol. The molecule has 116 valence electrons. The van der Waals surface area contributed by atoms with Gasteiger partial charge in [-0.05, 0) is 28.9 Å². The van der Waals surface area contributed by atoms with Crippen LogP contribution in [-0.2, 0) is 16.1 Å². The SMILES string of the molecule is CCn1cc(Br)cc1C(=O)N1CCN(CC(=O)OC)CC1. The number of hydrogen-bond acceptors (Lipinski definition) is 4. The molecule has 0 N–H and O–H groups in total. The average molecular weight is 358 g/mol. The Bertz CT molecular complexity index is 522. The molecule has 0 aliphatic carbocycles. The predicted octanol–water partition coefficient (Wildman–Crippen LogP) is 1.20. The Morgan fingerprint density at radius 2 is 1.95 bits per heavy atom. The highest BCUT2D eigenvalue weighted by atomic mass is 79.9. The molecule has 1 aliphatic heterocycles. The van der Waals surface area contributed by atoms with E-state index >= 15 is 0 Å². The van der Waals surface area contributed by atoms with E-state index in [9.17, 15) is 9.59 Å². The highest BCUT2D eigenvalue weighted by Gasteiger charge is 2.25. The summed E-state index contributed by atoms with van der Waals surface area (Å²) in [5.74, 6) is -0.196. The van der Waals surface area contributed by atoms with E-state index in [0.717, 1.165) is 11.0 Å². The maximum absolute atomic E-state index is 12.6. The summed E-state index contributed by atoms with van der Waals surface area (Å²) in [4.78, 5) is 27.6. The first kappa shape index (κ1) is 16.0. The molecule has 1 fully saturated rings. The summed E-state index contributed by atoms with van der Waals surface area (Å²) in [6.45, 7) is 5.69. The summed E-state index contributed by atoms with van der Waals surface area (Å²) in [5, 5.41) is 0. The van der Waals surface area contributed by atoms with Crippen LogP contribution in [0.25, 0.3) is 0 Å². The first-order valence-corrected chi connectivity index (χ1v) is 7.78. The minimum absolute atomic E-state index is 0.0419. The van der Waals surface area contributed by atoms with E-state index in [4.69, 9.17) is 0 Å². The van der Waals surface area contributed by atoms with Crippen molar-refractivity contribution in [3.05, 3.63) is 22.4 Å². The van der Waals surface area contributed by atoms with Gasteiger partial charge in [-0.15, -0.1) is 0 Å². The summed E-state index contributed by atoms with van der Waals surface area (Å²) in [6.07, 6.45) is 1.92. The minimum Gasteiger partial charge on any atom is -0.468 e. The van der Waals surface area contributed by atoms with Gasteiger partial charge < -0.3 is 14.2 Å². The minimum atomic E-state index is -0.237. The van der Waals surface area contributed by atoms with Crippen LogP contribution in [0.3, 0.4) is 0 Å². The van der Waals surface area contributed by atoms with Gasteiger partial charge in [-0.1, -0.05) is 0 Å². The van der Waals surface area contributed by atoms with Gasteiger partial charge in [-0.3, -0.25) is 14.5 Å². The molecule has 0 unspecified atom stereocenters. The molecule has 1 amide bonds. The molecular formula is C14H20BrN3O3. The molecule has 0 spiro atoms. The molecular weight excluding hydrogens is 338 g/mol. The average Bonchev–Trinajstić information content (AvgIpc) is 2.88. The molecule has 6 nitrogen and oxygen atoms in total. The van der Waals surface area contributed by atoms with Crippen LogP contribution in [0, 0.1) is 0 Å².